The highest BCUT2D eigenvalue weighted by atomic mass is 32.2. The molecule has 4 rings (SSSR count). The molecule has 33 heavy (non-hydrogen) atoms. The van der Waals surface area contributed by atoms with E-state index in [4.69, 9.17) is 0 Å². The average molecular weight is 489 g/mol. The molecule has 10 heteroatoms. The summed E-state index contributed by atoms with van der Waals surface area (Å²) in [7, 11) is -3.72. The molecule has 1 N–H and O–H groups in total. The number of rotatable bonds is 7. The minimum atomic E-state index is -3.72. The second-order valence-electron chi connectivity index (χ2n) is 8.43. The summed E-state index contributed by atoms with van der Waals surface area (Å²) < 4.78 is 41.5. The van der Waals surface area contributed by atoms with Gasteiger partial charge in [-0.25, -0.2) is 12.8 Å². The van der Waals surface area contributed by atoms with E-state index in [2.05, 4.69) is 29.4 Å². The molecule has 1 amide bonds. The van der Waals surface area contributed by atoms with Crippen molar-refractivity contribution in [1.29, 1.82) is 0 Å². The van der Waals surface area contributed by atoms with Gasteiger partial charge in [-0.15, -0.1) is 10.2 Å². The monoisotopic (exact) mass is 488 g/mol. The molecule has 0 radical (unpaired) electrons. The van der Waals surface area contributed by atoms with Gasteiger partial charge in [-0.2, -0.15) is 4.31 Å². The number of anilines is 1. The van der Waals surface area contributed by atoms with Crippen LogP contribution in [0.2, 0.25) is 0 Å². The van der Waals surface area contributed by atoms with Gasteiger partial charge in [0, 0.05) is 12.2 Å². The van der Waals surface area contributed by atoms with Crippen LogP contribution >= 0.6 is 11.3 Å². The van der Waals surface area contributed by atoms with Crippen molar-refractivity contribution in [2.24, 2.45) is 5.92 Å². The Morgan fingerprint density at radius 3 is 2.67 bits per heavy atom. The van der Waals surface area contributed by atoms with E-state index >= 15 is 0 Å². The van der Waals surface area contributed by atoms with Crippen LogP contribution < -0.4 is 5.32 Å². The molecule has 1 fully saturated rings. The van der Waals surface area contributed by atoms with Gasteiger partial charge in [-0.1, -0.05) is 43.4 Å². The number of amides is 1. The quantitative estimate of drug-likeness (QED) is 0.522. The molecule has 174 valence electrons. The topological polar surface area (TPSA) is 92.3 Å². The maximum Gasteiger partial charge on any atom is 0.286 e. The molecular formula is C23H25FN4O3S2. The van der Waals surface area contributed by atoms with Gasteiger partial charge in [-0.3, -0.25) is 4.79 Å². The van der Waals surface area contributed by atoms with Crippen molar-refractivity contribution >= 4 is 33.0 Å². The fourth-order valence-electron chi connectivity index (χ4n) is 3.89. The number of benzene rings is 2. The molecule has 1 aromatic heterocycles. The Hall–Kier alpha value is -2.69. The summed E-state index contributed by atoms with van der Waals surface area (Å²) >= 11 is 1.05. The third-order valence-electron chi connectivity index (χ3n) is 5.38. The molecule has 7 nitrogen and oxygen atoms in total. The zero-order valence-electron chi connectivity index (χ0n) is 18.4. The van der Waals surface area contributed by atoms with E-state index in [0.29, 0.717) is 36.0 Å². The molecule has 0 spiro atoms. The summed E-state index contributed by atoms with van der Waals surface area (Å²) in [5, 5.41) is 11.2. The molecule has 0 saturated carbocycles. The number of hydrogen-bond acceptors (Lipinski definition) is 6. The minimum Gasteiger partial charge on any atom is -0.320 e. The standard InChI is InChI=1S/C23H25FN4O3S2/c1-15(2)13-16-8-10-19(11-9-16)33(30,31)28-12-4-7-20(28)22-26-27-23(32-22)21(29)25-18-6-3-5-17(24)14-18/h3,5-6,8-11,14-15,20H,4,7,12-13H2,1-2H3,(H,25,29). The Kier molecular flexibility index (Phi) is 6.87. The molecule has 1 aliphatic rings. The highest BCUT2D eigenvalue weighted by Crippen LogP contribution is 2.38. The zero-order valence-corrected chi connectivity index (χ0v) is 20.0. The number of carbonyl (C=O) groups is 1. The number of halogens is 1. The Morgan fingerprint density at radius 2 is 1.97 bits per heavy atom. The van der Waals surface area contributed by atoms with Crippen LogP contribution in [0.5, 0.6) is 0 Å². The van der Waals surface area contributed by atoms with E-state index in [1.54, 1.807) is 18.2 Å². The summed E-state index contributed by atoms with van der Waals surface area (Å²) in [5.74, 6) is -0.493. The van der Waals surface area contributed by atoms with Crippen molar-refractivity contribution in [2.45, 2.75) is 44.0 Å². The molecule has 1 atom stereocenters. The lowest BCUT2D eigenvalue weighted by Gasteiger charge is -2.22. The van der Waals surface area contributed by atoms with Gasteiger partial charge in [-0.05, 0) is 61.1 Å². The molecule has 1 aliphatic heterocycles. The number of nitrogens with zero attached hydrogens (tertiary/aromatic N) is 3. The van der Waals surface area contributed by atoms with Crippen LogP contribution in [0, 0.1) is 11.7 Å². The third-order valence-corrected chi connectivity index (χ3v) is 8.33. The lowest BCUT2D eigenvalue weighted by molar-refractivity contribution is 0.102. The number of nitrogens with one attached hydrogen (secondary N) is 1. The van der Waals surface area contributed by atoms with Crippen molar-refractivity contribution in [2.75, 3.05) is 11.9 Å². The first kappa shape index (κ1) is 23.5. The second-order valence-corrected chi connectivity index (χ2v) is 11.3. The van der Waals surface area contributed by atoms with Gasteiger partial charge in [0.1, 0.15) is 10.8 Å². The zero-order chi connectivity index (χ0) is 23.6. The number of hydrogen-bond donors (Lipinski definition) is 1. The Labute approximate surface area is 196 Å². The van der Waals surface area contributed by atoms with E-state index in [1.807, 2.05) is 12.1 Å². The van der Waals surface area contributed by atoms with Crippen molar-refractivity contribution in [1.82, 2.24) is 14.5 Å². The van der Waals surface area contributed by atoms with Crippen LogP contribution in [0.4, 0.5) is 10.1 Å². The minimum absolute atomic E-state index is 0.0940. The third kappa shape index (κ3) is 5.29. The van der Waals surface area contributed by atoms with Crippen LogP contribution in [-0.4, -0.2) is 35.4 Å². The molecule has 3 aromatic rings. The molecule has 2 heterocycles. The van der Waals surface area contributed by atoms with Crippen molar-refractivity contribution in [3.63, 3.8) is 0 Å². The molecule has 2 aromatic carbocycles. The van der Waals surface area contributed by atoms with E-state index in [1.165, 1.54) is 22.5 Å². The van der Waals surface area contributed by atoms with Crippen LogP contribution in [0.25, 0.3) is 0 Å². The first-order chi connectivity index (χ1) is 15.7. The number of aromatic nitrogens is 2. The van der Waals surface area contributed by atoms with E-state index in [-0.39, 0.29) is 9.90 Å². The van der Waals surface area contributed by atoms with Gasteiger partial charge in [0.25, 0.3) is 5.91 Å². The van der Waals surface area contributed by atoms with Crippen LogP contribution in [0.1, 0.15) is 53.1 Å². The summed E-state index contributed by atoms with van der Waals surface area (Å²) in [5.41, 5.74) is 1.41. The second kappa shape index (κ2) is 9.66. The number of sulfonamides is 1. The van der Waals surface area contributed by atoms with E-state index < -0.39 is 27.8 Å². The predicted molar refractivity (Wildman–Crippen MR) is 125 cm³/mol. The normalized spacial score (nSPS) is 16.9. The highest BCUT2D eigenvalue weighted by molar-refractivity contribution is 7.89. The number of carbonyl (C=O) groups excluding carboxylic acids is 1. The van der Waals surface area contributed by atoms with Gasteiger partial charge in [0.15, 0.2) is 0 Å². The first-order valence-electron chi connectivity index (χ1n) is 10.7. The van der Waals surface area contributed by atoms with Crippen LogP contribution in [-0.2, 0) is 16.4 Å². The predicted octanol–water partition coefficient (Wildman–Crippen LogP) is 4.65. The van der Waals surface area contributed by atoms with Crippen molar-refractivity contribution in [3.05, 3.63) is 69.9 Å². The smallest absolute Gasteiger partial charge is 0.286 e. The molecule has 1 saturated heterocycles. The lowest BCUT2D eigenvalue weighted by atomic mass is 10.0. The van der Waals surface area contributed by atoms with Crippen molar-refractivity contribution in [3.8, 4) is 0 Å². The maximum absolute atomic E-state index is 13.4. The van der Waals surface area contributed by atoms with Gasteiger partial charge in [0.05, 0.1) is 10.9 Å². The summed E-state index contributed by atoms with van der Waals surface area (Å²) in [6, 6.07) is 12.1. The van der Waals surface area contributed by atoms with Crippen LogP contribution in [0.15, 0.2) is 53.4 Å². The molecule has 0 aliphatic carbocycles. The summed E-state index contributed by atoms with van der Waals surface area (Å²) in [6.45, 7) is 4.62. The van der Waals surface area contributed by atoms with E-state index in [9.17, 15) is 17.6 Å². The largest absolute Gasteiger partial charge is 0.320 e. The Morgan fingerprint density at radius 1 is 1.21 bits per heavy atom. The highest BCUT2D eigenvalue weighted by Gasteiger charge is 2.38. The average Bonchev–Trinajstić information content (AvgIpc) is 3.44. The SMILES string of the molecule is CC(C)Cc1ccc(S(=O)(=O)N2CCCC2c2nnc(C(=O)Nc3cccc(F)c3)s2)cc1. The lowest BCUT2D eigenvalue weighted by Crippen LogP contribution is -2.30. The van der Waals surface area contributed by atoms with Gasteiger partial charge in [0.2, 0.25) is 15.0 Å². The fraction of sp³-hybridized carbons (Fsp3) is 0.348. The Balaban J connectivity index is 1.51. The fourth-order valence-corrected chi connectivity index (χ4v) is 6.50. The first-order valence-corrected chi connectivity index (χ1v) is 13.0. The molecule has 1 unspecified atom stereocenters. The van der Waals surface area contributed by atoms with Gasteiger partial charge >= 0.3 is 0 Å². The maximum atomic E-state index is 13.4. The van der Waals surface area contributed by atoms with Gasteiger partial charge < -0.3 is 5.32 Å². The Bertz CT molecular complexity index is 1240. The summed E-state index contributed by atoms with van der Waals surface area (Å²) in [6.07, 6.45) is 2.18. The summed E-state index contributed by atoms with van der Waals surface area (Å²) in [4.78, 5) is 12.8. The van der Waals surface area contributed by atoms with Crippen LogP contribution in [0.3, 0.4) is 0 Å². The van der Waals surface area contributed by atoms with E-state index in [0.717, 1.165) is 23.3 Å². The molecular weight excluding hydrogens is 463 g/mol. The molecule has 0 bridgehead atoms. The van der Waals surface area contributed by atoms with Crippen molar-refractivity contribution < 1.29 is 17.6 Å².